The van der Waals surface area contributed by atoms with Crippen molar-refractivity contribution in [3.63, 3.8) is 0 Å². The molecule has 1 aliphatic rings. The number of nitrogens with zero attached hydrogens (tertiary/aromatic N) is 1. The number of ether oxygens (including phenoxy) is 1. The van der Waals surface area contributed by atoms with E-state index >= 15 is 0 Å². The minimum Gasteiger partial charge on any atom is -0.469 e. The van der Waals surface area contributed by atoms with E-state index in [4.69, 9.17) is 10.00 Å². The molecule has 0 spiro atoms. The van der Waals surface area contributed by atoms with Crippen molar-refractivity contribution < 1.29 is 14.3 Å². The Morgan fingerprint density at radius 2 is 2.20 bits per heavy atom. The molecule has 1 fully saturated rings. The molecule has 0 unspecified atom stereocenters. The van der Waals surface area contributed by atoms with Crippen LogP contribution in [0.3, 0.4) is 0 Å². The Hall–Kier alpha value is -1.87. The fourth-order valence-electron chi connectivity index (χ4n) is 2.54. The second-order valence-electron chi connectivity index (χ2n) is 4.77. The summed E-state index contributed by atoms with van der Waals surface area (Å²) >= 11 is 1.24. The Balaban J connectivity index is 2.09. The maximum absolute atomic E-state index is 12.2. The fourth-order valence-corrected chi connectivity index (χ4v) is 3.29. The lowest BCUT2D eigenvalue weighted by atomic mass is 9.84. The first-order valence-corrected chi connectivity index (χ1v) is 7.41. The van der Waals surface area contributed by atoms with Crippen LogP contribution in [0.15, 0.2) is 11.4 Å². The molecule has 1 amide bonds. The molecular formula is C14H16N2O3S. The number of carbonyl (C=O) groups is 2. The first kappa shape index (κ1) is 14.5. The molecule has 0 saturated heterocycles. The molecule has 1 aromatic heterocycles. The number of thiophene rings is 1. The van der Waals surface area contributed by atoms with Crippen LogP contribution in [0, 0.1) is 17.2 Å². The number of amides is 1. The van der Waals surface area contributed by atoms with Crippen LogP contribution in [-0.2, 0) is 9.53 Å². The summed E-state index contributed by atoms with van der Waals surface area (Å²) in [4.78, 5) is 24.4. The molecule has 2 atom stereocenters. The van der Waals surface area contributed by atoms with E-state index < -0.39 is 0 Å². The Labute approximate surface area is 121 Å². The Morgan fingerprint density at radius 1 is 1.45 bits per heavy atom. The largest absolute Gasteiger partial charge is 0.469 e. The highest BCUT2D eigenvalue weighted by atomic mass is 32.1. The normalized spacial score (nSPS) is 21.8. The van der Waals surface area contributed by atoms with E-state index in [1.165, 1.54) is 18.4 Å². The molecule has 5 nitrogen and oxygen atoms in total. The molecule has 106 valence electrons. The quantitative estimate of drug-likeness (QED) is 0.865. The summed E-state index contributed by atoms with van der Waals surface area (Å²) < 4.78 is 4.80. The van der Waals surface area contributed by atoms with Gasteiger partial charge in [0.05, 0.1) is 18.6 Å². The van der Waals surface area contributed by atoms with Crippen molar-refractivity contribution in [1.82, 2.24) is 5.32 Å². The van der Waals surface area contributed by atoms with Crippen LogP contribution < -0.4 is 5.32 Å². The highest BCUT2D eigenvalue weighted by molar-refractivity contribution is 7.12. The smallest absolute Gasteiger partial charge is 0.310 e. The minimum absolute atomic E-state index is 0.211. The Morgan fingerprint density at radius 3 is 2.90 bits per heavy atom. The first-order chi connectivity index (χ1) is 9.67. The van der Waals surface area contributed by atoms with Gasteiger partial charge in [-0.3, -0.25) is 9.59 Å². The second-order valence-corrected chi connectivity index (χ2v) is 5.69. The van der Waals surface area contributed by atoms with Gasteiger partial charge < -0.3 is 10.1 Å². The lowest BCUT2D eigenvalue weighted by Crippen LogP contribution is -2.45. The molecule has 2 rings (SSSR count). The van der Waals surface area contributed by atoms with E-state index in [9.17, 15) is 9.59 Å². The zero-order valence-corrected chi connectivity index (χ0v) is 12.0. The summed E-state index contributed by atoms with van der Waals surface area (Å²) in [6.07, 6.45) is 3.44. The van der Waals surface area contributed by atoms with Crippen LogP contribution in [0.5, 0.6) is 0 Å². The van der Waals surface area contributed by atoms with Gasteiger partial charge in [0.1, 0.15) is 10.9 Å². The maximum Gasteiger partial charge on any atom is 0.310 e. The molecule has 6 heteroatoms. The zero-order valence-electron chi connectivity index (χ0n) is 11.2. The van der Waals surface area contributed by atoms with Gasteiger partial charge in [0.25, 0.3) is 5.91 Å². The molecule has 1 aromatic rings. The van der Waals surface area contributed by atoms with E-state index in [0.29, 0.717) is 10.4 Å². The molecule has 0 aromatic carbocycles. The highest BCUT2D eigenvalue weighted by Crippen LogP contribution is 2.26. The average molecular weight is 292 g/mol. The lowest BCUT2D eigenvalue weighted by Gasteiger charge is -2.30. The maximum atomic E-state index is 12.2. The van der Waals surface area contributed by atoms with Crippen LogP contribution in [0.25, 0.3) is 0 Å². The van der Waals surface area contributed by atoms with E-state index in [1.807, 2.05) is 6.07 Å². The van der Waals surface area contributed by atoms with E-state index in [0.717, 1.165) is 25.7 Å². The van der Waals surface area contributed by atoms with Crippen molar-refractivity contribution in [2.24, 2.45) is 5.92 Å². The summed E-state index contributed by atoms with van der Waals surface area (Å²) in [6, 6.07) is 3.41. The van der Waals surface area contributed by atoms with Gasteiger partial charge in [0.2, 0.25) is 0 Å². The standard InChI is InChI=1S/C14H16N2O3S/c1-19-14(18)10-4-2-3-5-11(10)16-13(17)12-9(8-15)6-7-20-12/h6-7,10-11H,2-5H2,1H3,(H,16,17)/t10-,11+/m1/s1. The lowest BCUT2D eigenvalue weighted by molar-refractivity contribution is -0.147. The number of nitrogens with one attached hydrogen (secondary N) is 1. The van der Waals surface area contributed by atoms with Crippen molar-refractivity contribution in [2.45, 2.75) is 31.7 Å². The van der Waals surface area contributed by atoms with Crippen LogP contribution >= 0.6 is 11.3 Å². The molecule has 1 N–H and O–H groups in total. The number of nitriles is 1. The SMILES string of the molecule is COC(=O)[C@@H]1CCCC[C@@H]1NC(=O)c1sccc1C#N. The Bertz CT molecular complexity index is 547. The number of hydrogen-bond donors (Lipinski definition) is 1. The van der Waals surface area contributed by atoms with Crippen molar-refractivity contribution in [3.8, 4) is 6.07 Å². The van der Waals surface area contributed by atoms with Gasteiger partial charge in [-0.2, -0.15) is 5.26 Å². The molecule has 0 radical (unpaired) electrons. The van der Waals surface area contributed by atoms with Crippen molar-refractivity contribution in [1.29, 1.82) is 5.26 Å². The van der Waals surface area contributed by atoms with Gasteiger partial charge in [0.15, 0.2) is 0 Å². The van der Waals surface area contributed by atoms with Gasteiger partial charge in [-0.05, 0) is 24.3 Å². The predicted molar refractivity (Wildman–Crippen MR) is 74.3 cm³/mol. The molecular weight excluding hydrogens is 276 g/mol. The highest BCUT2D eigenvalue weighted by Gasteiger charge is 2.33. The van der Waals surface area contributed by atoms with Gasteiger partial charge in [-0.15, -0.1) is 11.3 Å². The number of carbonyl (C=O) groups excluding carboxylic acids is 2. The number of hydrogen-bond acceptors (Lipinski definition) is 5. The van der Waals surface area contributed by atoms with Crippen molar-refractivity contribution in [2.75, 3.05) is 7.11 Å². The monoisotopic (exact) mass is 292 g/mol. The zero-order chi connectivity index (χ0) is 14.5. The number of esters is 1. The molecule has 20 heavy (non-hydrogen) atoms. The molecule has 1 aliphatic carbocycles. The summed E-state index contributed by atoms with van der Waals surface area (Å²) in [6.45, 7) is 0. The van der Waals surface area contributed by atoms with Crippen molar-refractivity contribution in [3.05, 3.63) is 21.9 Å². The fraction of sp³-hybridized carbons (Fsp3) is 0.500. The van der Waals surface area contributed by atoms with Crippen LogP contribution in [-0.4, -0.2) is 25.0 Å². The summed E-state index contributed by atoms with van der Waals surface area (Å²) in [5.41, 5.74) is 0.373. The van der Waals surface area contributed by atoms with Gasteiger partial charge >= 0.3 is 5.97 Å². The number of methoxy groups -OCH3 is 1. The van der Waals surface area contributed by atoms with Crippen LogP contribution in [0.4, 0.5) is 0 Å². The summed E-state index contributed by atoms with van der Waals surface area (Å²) in [5, 5.41) is 13.5. The van der Waals surface area contributed by atoms with Crippen molar-refractivity contribution >= 4 is 23.2 Å². The van der Waals surface area contributed by atoms with E-state index in [1.54, 1.807) is 11.4 Å². The van der Waals surface area contributed by atoms with E-state index in [-0.39, 0.29) is 23.8 Å². The molecule has 0 bridgehead atoms. The number of rotatable bonds is 3. The Kier molecular flexibility index (Phi) is 4.74. The topological polar surface area (TPSA) is 79.2 Å². The summed E-state index contributed by atoms with van der Waals surface area (Å²) in [7, 11) is 1.36. The predicted octanol–water partition coefficient (Wildman–Crippen LogP) is 2.08. The summed E-state index contributed by atoms with van der Waals surface area (Å²) in [5.74, 6) is -0.845. The van der Waals surface area contributed by atoms with Crippen LogP contribution in [0.1, 0.15) is 40.9 Å². The van der Waals surface area contributed by atoms with Gasteiger partial charge in [0, 0.05) is 6.04 Å². The third-order valence-corrected chi connectivity index (χ3v) is 4.49. The van der Waals surface area contributed by atoms with Gasteiger partial charge in [-0.1, -0.05) is 12.8 Å². The minimum atomic E-state index is -0.289. The van der Waals surface area contributed by atoms with Crippen LogP contribution in [0.2, 0.25) is 0 Å². The van der Waals surface area contributed by atoms with E-state index in [2.05, 4.69) is 5.32 Å². The first-order valence-electron chi connectivity index (χ1n) is 6.53. The second kappa shape index (κ2) is 6.53. The third-order valence-electron chi connectivity index (χ3n) is 3.58. The molecule has 1 heterocycles. The molecule has 1 saturated carbocycles. The molecule has 0 aliphatic heterocycles. The average Bonchev–Trinajstić information content (AvgIpc) is 2.95. The third kappa shape index (κ3) is 2.99. The van der Waals surface area contributed by atoms with Gasteiger partial charge in [-0.25, -0.2) is 0 Å².